The van der Waals surface area contributed by atoms with Crippen LogP contribution in [0.5, 0.6) is 5.75 Å². The Labute approximate surface area is 121 Å². The fourth-order valence-corrected chi connectivity index (χ4v) is 1.79. The van der Waals surface area contributed by atoms with Crippen molar-refractivity contribution in [3.05, 3.63) is 28.2 Å². The van der Waals surface area contributed by atoms with Gasteiger partial charge in [-0.1, -0.05) is 15.9 Å². The van der Waals surface area contributed by atoms with Crippen LogP contribution in [-0.4, -0.2) is 17.4 Å². The minimum atomic E-state index is -4.81. The SMILES string of the molecule is Cl.N[C@@H](CC(=O)O)c1cc(Br)cc(OC(F)(F)F)c1. The second-order valence-corrected chi connectivity index (χ2v) is 4.39. The summed E-state index contributed by atoms with van der Waals surface area (Å²) in [4.78, 5) is 10.5. The van der Waals surface area contributed by atoms with Crippen molar-refractivity contribution >= 4 is 34.3 Å². The number of alkyl halides is 3. The third kappa shape index (κ3) is 6.65. The van der Waals surface area contributed by atoms with Gasteiger partial charge in [-0.2, -0.15) is 0 Å². The number of rotatable bonds is 4. The highest BCUT2D eigenvalue weighted by Crippen LogP contribution is 2.29. The van der Waals surface area contributed by atoms with E-state index in [1.807, 2.05) is 0 Å². The van der Waals surface area contributed by atoms with Crippen LogP contribution >= 0.6 is 28.3 Å². The van der Waals surface area contributed by atoms with Crippen molar-refractivity contribution in [2.75, 3.05) is 0 Å². The maximum Gasteiger partial charge on any atom is 0.573 e. The van der Waals surface area contributed by atoms with E-state index in [0.29, 0.717) is 4.47 Å². The highest BCUT2D eigenvalue weighted by Gasteiger charge is 2.31. The summed E-state index contributed by atoms with van der Waals surface area (Å²) in [5.41, 5.74) is 5.80. The smallest absolute Gasteiger partial charge is 0.481 e. The number of carboxylic acid groups (broad SMARTS) is 1. The minimum absolute atomic E-state index is 0. The van der Waals surface area contributed by atoms with Crippen molar-refractivity contribution in [1.82, 2.24) is 0 Å². The average molecular weight is 365 g/mol. The number of benzene rings is 1. The predicted molar refractivity (Wildman–Crippen MR) is 67.3 cm³/mol. The van der Waals surface area contributed by atoms with Crippen LogP contribution in [0.2, 0.25) is 0 Å². The van der Waals surface area contributed by atoms with E-state index >= 15 is 0 Å². The number of aliphatic carboxylic acids is 1. The number of carbonyl (C=O) groups is 1. The Kier molecular flexibility index (Phi) is 6.61. The largest absolute Gasteiger partial charge is 0.573 e. The second kappa shape index (κ2) is 6.97. The van der Waals surface area contributed by atoms with E-state index in [-0.39, 0.29) is 24.4 Å². The molecule has 3 N–H and O–H groups in total. The molecular formula is C10H10BrClF3NO3. The first kappa shape index (κ1) is 18.0. The standard InChI is InChI=1S/C10H9BrF3NO3.ClH/c11-6-1-5(8(15)4-9(16)17)2-7(3-6)18-10(12,13)14;/h1-3,8H,4,15H2,(H,16,17);1H/t8-;/m0./s1. The van der Waals surface area contributed by atoms with Gasteiger partial charge in [0.2, 0.25) is 0 Å². The Morgan fingerprint density at radius 1 is 1.42 bits per heavy atom. The quantitative estimate of drug-likeness (QED) is 0.860. The fourth-order valence-electron chi connectivity index (χ4n) is 1.30. The third-order valence-corrected chi connectivity index (χ3v) is 2.41. The second-order valence-electron chi connectivity index (χ2n) is 3.47. The number of carboxylic acids is 1. The lowest BCUT2D eigenvalue weighted by Crippen LogP contribution is -2.18. The first-order valence-electron chi connectivity index (χ1n) is 4.71. The van der Waals surface area contributed by atoms with E-state index in [9.17, 15) is 18.0 Å². The van der Waals surface area contributed by atoms with Gasteiger partial charge in [-0.05, 0) is 23.8 Å². The van der Waals surface area contributed by atoms with Crippen LogP contribution in [0.3, 0.4) is 0 Å². The van der Waals surface area contributed by atoms with E-state index in [1.165, 1.54) is 6.07 Å². The molecule has 0 spiro atoms. The van der Waals surface area contributed by atoms with Crippen LogP contribution in [-0.2, 0) is 4.79 Å². The van der Waals surface area contributed by atoms with Crippen LogP contribution in [0.15, 0.2) is 22.7 Å². The lowest BCUT2D eigenvalue weighted by Gasteiger charge is -2.14. The normalized spacial score (nSPS) is 12.5. The van der Waals surface area contributed by atoms with Crippen molar-refractivity contribution in [1.29, 1.82) is 0 Å². The molecule has 1 rings (SSSR count). The molecule has 0 aromatic heterocycles. The summed E-state index contributed by atoms with van der Waals surface area (Å²) in [6.07, 6.45) is -5.20. The minimum Gasteiger partial charge on any atom is -0.481 e. The molecule has 0 radical (unpaired) electrons. The van der Waals surface area contributed by atoms with Crippen LogP contribution in [0.25, 0.3) is 0 Å². The lowest BCUT2D eigenvalue weighted by molar-refractivity contribution is -0.274. The molecule has 0 unspecified atom stereocenters. The third-order valence-electron chi connectivity index (χ3n) is 1.95. The van der Waals surface area contributed by atoms with Crippen molar-refractivity contribution in [3.8, 4) is 5.75 Å². The molecule has 4 nitrogen and oxygen atoms in total. The van der Waals surface area contributed by atoms with E-state index < -0.39 is 24.1 Å². The maximum atomic E-state index is 12.1. The zero-order valence-electron chi connectivity index (χ0n) is 9.28. The summed E-state index contributed by atoms with van der Waals surface area (Å²) >= 11 is 3.00. The van der Waals surface area contributed by atoms with Crippen LogP contribution in [0, 0.1) is 0 Å². The van der Waals surface area contributed by atoms with Gasteiger partial charge in [0.05, 0.1) is 6.42 Å². The molecule has 0 heterocycles. The number of nitrogens with two attached hydrogens (primary N) is 1. The maximum absolute atomic E-state index is 12.1. The van der Waals surface area contributed by atoms with Crippen LogP contribution in [0.1, 0.15) is 18.0 Å². The zero-order valence-corrected chi connectivity index (χ0v) is 11.7. The fraction of sp³-hybridized carbons (Fsp3) is 0.300. The molecule has 19 heavy (non-hydrogen) atoms. The summed E-state index contributed by atoms with van der Waals surface area (Å²) in [6, 6.07) is 2.71. The number of ether oxygens (including phenoxy) is 1. The van der Waals surface area contributed by atoms with E-state index in [1.54, 1.807) is 0 Å². The Hall–Kier alpha value is -0.990. The highest BCUT2D eigenvalue weighted by atomic mass is 79.9. The molecule has 1 aromatic rings. The van der Waals surface area contributed by atoms with Gasteiger partial charge in [-0.3, -0.25) is 4.79 Å². The lowest BCUT2D eigenvalue weighted by atomic mass is 10.0. The molecule has 0 saturated heterocycles. The molecule has 1 aromatic carbocycles. The number of halogens is 5. The molecule has 0 fully saturated rings. The Morgan fingerprint density at radius 3 is 2.47 bits per heavy atom. The molecule has 0 amide bonds. The average Bonchev–Trinajstić information content (AvgIpc) is 2.12. The molecule has 1 atom stereocenters. The first-order valence-corrected chi connectivity index (χ1v) is 5.50. The van der Waals surface area contributed by atoms with Gasteiger partial charge in [-0.25, -0.2) is 0 Å². The highest BCUT2D eigenvalue weighted by molar-refractivity contribution is 9.10. The van der Waals surface area contributed by atoms with Gasteiger partial charge in [-0.15, -0.1) is 25.6 Å². The Bertz CT molecular complexity index is 456. The number of hydrogen-bond acceptors (Lipinski definition) is 3. The molecule has 0 bridgehead atoms. The number of hydrogen-bond donors (Lipinski definition) is 2. The summed E-state index contributed by atoms with van der Waals surface area (Å²) in [5, 5.41) is 8.57. The Morgan fingerprint density at radius 2 is 2.00 bits per heavy atom. The van der Waals surface area contributed by atoms with Gasteiger partial charge in [0.15, 0.2) is 0 Å². The zero-order chi connectivity index (χ0) is 13.9. The van der Waals surface area contributed by atoms with Crippen molar-refractivity contribution in [3.63, 3.8) is 0 Å². The van der Waals surface area contributed by atoms with E-state index in [2.05, 4.69) is 20.7 Å². The molecule has 9 heteroatoms. The van der Waals surface area contributed by atoms with Crippen LogP contribution in [0.4, 0.5) is 13.2 Å². The molecular weight excluding hydrogens is 354 g/mol. The topological polar surface area (TPSA) is 72.6 Å². The molecule has 0 saturated carbocycles. The molecule has 0 aliphatic carbocycles. The van der Waals surface area contributed by atoms with Crippen molar-refractivity contribution in [2.24, 2.45) is 5.73 Å². The summed E-state index contributed by atoms with van der Waals surface area (Å²) in [7, 11) is 0. The van der Waals surface area contributed by atoms with Gasteiger partial charge >= 0.3 is 12.3 Å². The first-order chi connectivity index (χ1) is 8.17. The summed E-state index contributed by atoms with van der Waals surface area (Å²) < 4.78 is 40.2. The van der Waals surface area contributed by atoms with Crippen LogP contribution < -0.4 is 10.5 Å². The molecule has 0 aliphatic rings. The molecule has 0 aliphatic heterocycles. The molecule has 108 valence electrons. The Balaban J connectivity index is 0.00000324. The van der Waals surface area contributed by atoms with Gasteiger partial charge in [0, 0.05) is 10.5 Å². The summed E-state index contributed by atoms with van der Waals surface area (Å²) in [5.74, 6) is -1.59. The predicted octanol–water partition coefficient (Wildman–Crippen LogP) is 3.24. The van der Waals surface area contributed by atoms with Gasteiger partial charge in [0.25, 0.3) is 0 Å². The van der Waals surface area contributed by atoms with Crippen molar-refractivity contribution < 1.29 is 27.8 Å². The van der Waals surface area contributed by atoms with E-state index in [4.69, 9.17) is 10.8 Å². The van der Waals surface area contributed by atoms with Gasteiger partial charge < -0.3 is 15.6 Å². The van der Waals surface area contributed by atoms with Gasteiger partial charge in [0.1, 0.15) is 5.75 Å². The monoisotopic (exact) mass is 363 g/mol. The summed E-state index contributed by atoms with van der Waals surface area (Å²) in [6.45, 7) is 0. The van der Waals surface area contributed by atoms with Crippen molar-refractivity contribution in [2.45, 2.75) is 18.8 Å². The van der Waals surface area contributed by atoms with E-state index in [0.717, 1.165) is 12.1 Å².